The Morgan fingerprint density at radius 1 is 1.14 bits per heavy atom. The van der Waals surface area contributed by atoms with Crippen LogP contribution in [0, 0.1) is 0 Å². The second-order valence-corrected chi connectivity index (χ2v) is 14.1. The van der Waals surface area contributed by atoms with Crippen molar-refractivity contribution in [2.45, 2.75) is 53.8 Å². The number of aromatic amines is 1. The van der Waals surface area contributed by atoms with E-state index < -0.39 is 79.1 Å². The highest BCUT2D eigenvalue weighted by molar-refractivity contribution is 8.09. The van der Waals surface area contributed by atoms with Crippen molar-refractivity contribution in [3.63, 3.8) is 0 Å². The summed E-state index contributed by atoms with van der Waals surface area (Å²) in [5.74, 6) is -0.0617. The van der Waals surface area contributed by atoms with Gasteiger partial charge in [0.25, 0.3) is 5.56 Å². The minimum atomic E-state index is -4.15. The Labute approximate surface area is 237 Å². The summed E-state index contributed by atoms with van der Waals surface area (Å²) in [7, 11) is 0. The van der Waals surface area contributed by atoms with Gasteiger partial charge in [0.15, 0.2) is 52.8 Å². The number of aromatic nitrogens is 8. The number of alkyl halides is 1. The van der Waals surface area contributed by atoms with Crippen LogP contribution in [0.15, 0.2) is 23.8 Å². The largest absolute Gasteiger partial charge is 0.394 e. The topological polar surface area (TPSA) is 257 Å². The Hall–Kier alpha value is -3.20. The molecule has 42 heavy (non-hydrogen) atoms. The van der Waals surface area contributed by atoms with E-state index in [-0.39, 0.29) is 22.9 Å². The highest BCUT2D eigenvalue weighted by Gasteiger charge is 2.96. The highest BCUT2D eigenvalue weighted by Crippen LogP contribution is 2.74. The average Bonchev–Trinajstić information content (AvgIpc) is 3.57. The zero-order chi connectivity index (χ0) is 29.3. The quantitative estimate of drug-likeness (QED) is 0.119. The van der Waals surface area contributed by atoms with Gasteiger partial charge < -0.3 is 45.3 Å². The number of nitrogens with two attached hydrogens (primary N) is 2. The number of halogens is 1. The Balaban J connectivity index is 1.09. The second-order valence-electron chi connectivity index (χ2n) is 10.5. The first-order valence-corrected chi connectivity index (χ1v) is 15.3. The normalized spacial score (nSPS) is 38.0. The molecule has 0 amide bonds. The van der Waals surface area contributed by atoms with Crippen LogP contribution in [0.4, 0.5) is 16.2 Å². The second kappa shape index (κ2) is 8.46. The molecule has 3 saturated heterocycles. The van der Waals surface area contributed by atoms with E-state index in [0.717, 1.165) is 0 Å². The number of H-pyrrole nitrogens is 1. The van der Waals surface area contributed by atoms with E-state index in [9.17, 15) is 19.9 Å². The van der Waals surface area contributed by atoms with Crippen LogP contribution in [0.5, 0.6) is 0 Å². The number of hydrogen-bond acceptors (Lipinski definition) is 15. The number of imidazole rings is 2. The number of nitrogen functional groups attached to an aromatic ring is 2. The van der Waals surface area contributed by atoms with E-state index >= 15 is 4.39 Å². The fourth-order valence-corrected chi connectivity index (χ4v) is 8.75. The average molecular weight is 625 g/mol. The van der Waals surface area contributed by atoms with Gasteiger partial charge in [-0.25, -0.2) is 24.3 Å². The molecular formula is C21H22FN10O8PS. The number of anilines is 2. The molecule has 0 radical (unpaired) electrons. The lowest BCUT2D eigenvalue weighted by Gasteiger charge is -2.36. The summed E-state index contributed by atoms with van der Waals surface area (Å²) >= 11 is 5.46. The SMILES string of the molecule is Nc1nc2c(ncn2[C@@H]2O[C@H](CO)[C@@H](F)[C@H]2P(O)(=S)OC[C@]23O[C@@H](n4cnc5c(N)ncnc54)[C@@H]4OC2[C@]43O)c(=O)[nH]1. The van der Waals surface area contributed by atoms with Crippen molar-refractivity contribution in [1.82, 2.24) is 39.0 Å². The number of aliphatic hydroxyl groups excluding tert-OH is 1. The van der Waals surface area contributed by atoms with Gasteiger partial charge in [-0.3, -0.25) is 18.9 Å². The van der Waals surface area contributed by atoms with Crippen molar-refractivity contribution in [3.8, 4) is 0 Å². The molecule has 7 heterocycles. The number of ether oxygens (including phenoxy) is 3. The van der Waals surface area contributed by atoms with Gasteiger partial charge in [0.05, 0.1) is 25.9 Å². The molecule has 0 spiro atoms. The van der Waals surface area contributed by atoms with Crippen LogP contribution < -0.4 is 17.0 Å². The summed E-state index contributed by atoms with van der Waals surface area (Å²) in [6.07, 6.45) is -3.32. The lowest BCUT2D eigenvalue weighted by Crippen LogP contribution is -2.49. The van der Waals surface area contributed by atoms with E-state index in [1.165, 1.54) is 23.5 Å². The molecule has 4 aromatic heterocycles. The number of rotatable bonds is 7. The van der Waals surface area contributed by atoms with Gasteiger partial charge in [-0.15, -0.1) is 0 Å². The maximum Gasteiger partial charge on any atom is 0.280 e. The molecule has 2 unspecified atom stereocenters. The van der Waals surface area contributed by atoms with Crippen LogP contribution in [0.3, 0.4) is 0 Å². The number of nitrogens with one attached hydrogen (secondary N) is 1. The molecule has 8 rings (SSSR count). The predicted octanol–water partition coefficient (Wildman–Crippen LogP) is -2.18. The van der Waals surface area contributed by atoms with E-state index in [1.807, 2.05) is 0 Å². The van der Waals surface area contributed by atoms with Crippen molar-refractivity contribution >= 4 is 52.4 Å². The van der Waals surface area contributed by atoms with Gasteiger partial charge in [0, 0.05) is 0 Å². The Morgan fingerprint density at radius 3 is 2.64 bits per heavy atom. The van der Waals surface area contributed by atoms with Gasteiger partial charge >= 0.3 is 0 Å². The summed E-state index contributed by atoms with van der Waals surface area (Å²) in [6, 6.07) is 0. The van der Waals surface area contributed by atoms with Crippen LogP contribution >= 0.6 is 6.49 Å². The molecule has 8 N–H and O–H groups in total. The molecule has 1 aliphatic carbocycles. The van der Waals surface area contributed by atoms with E-state index in [1.54, 1.807) is 4.57 Å². The molecule has 10 atom stereocenters. The van der Waals surface area contributed by atoms with E-state index in [2.05, 4.69) is 29.9 Å². The smallest absolute Gasteiger partial charge is 0.280 e. The van der Waals surface area contributed by atoms with Crippen molar-refractivity contribution in [2.75, 3.05) is 24.7 Å². The van der Waals surface area contributed by atoms with Crippen LogP contribution in [0.25, 0.3) is 22.3 Å². The van der Waals surface area contributed by atoms with E-state index in [0.29, 0.717) is 11.2 Å². The molecule has 1 saturated carbocycles. The molecule has 3 aliphatic heterocycles. The fraction of sp³-hybridized carbons (Fsp3) is 0.524. The maximum absolute atomic E-state index is 15.7. The van der Waals surface area contributed by atoms with Crippen LogP contribution in [-0.4, -0.2) is 109 Å². The molecule has 18 nitrogen and oxygen atoms in total. The number of fused-ring (bicyclic) bond motifs is 3. The zero-order valence-electron chi connectivity index (χ0n) is 21.1. The molecule has 222 valence electrons. The lowest BCUT2D eigenvalue weighted by atomic mass is 10.1. The molecular weight excluding hydrogens is 602 g/mol. The summed E-state index contributed by atoms with van der Waals surface area (Å²) < 4.78 is 42.1. The Kier molecular flexibility index (Phi) is 5.32. The summed E-state index contributed by atoms with van der Waals surface area (Å²) in [4.78, 5) is 46.5. The van der Waals surface area contributed by atoms with Crippen LogP contribution in [0.2, 0.25) is 0 Å². The standard InChI is InChI=1S/C21H22FN10O8PS/c22-7-6(1-33)38-16(32-5-28-9-14(32)29-19(24)30-15(9)34)10(7)41(36,42)37-2-20-18-21(20,35)11(39-18)17(40-20)31-4-27-8-12(23)25-3-26-13(8)31/h3-7,10-11,16-18,33,35H,1-2H2,(H,36,42)(H2,23,25,26)(H3,24,29,30,34)/t6-,7-,10-,11+,16-,17-,18?,20+,21-,41?/m1/s1. The summed E-state index contributed by atoms with van der Waals surface area (Å²) in [5.41, 5.74) is 7.05. The van der Waals surface area contributed by atoms with Crippen molar-refractivity contribution in [3.05, 3.63) is 29.3 Å². The molecule has 4 aromatic rings. The maximum atomic E-state index is 15.7. The van der Waals surface area contributed by atoms with Gasteiger partial charge in [0.2, 0.25) is 5.95 Å². The number of hydrogen-bond donors (Lipinski definition) is 6. The minimum absolute atomic E-state index is 0.0459. The number of nitrogens with zero attached hydrogens (tertiary/aromatic N) is 7. The van der Waals surface area contributed by atoms with Crippen molar-refractivity contribution < 1.29 is 38.2 Å². The highest BCUT2D eigenvalue weighted by atomic mass is 32.5. The molecule has 0 aromatic carbocycles. The third-order valence-corrected chi connectivity index (χ3v) is 11.3. The summed E-state index contributed by atoms with van der Waals surface area (Å²) in [6.45, 7) is -5.33. The van der Waals surface area contributed by atoms with Crippen molar-refractivity contribution in [1.29, 1.82) is 0 Å². The molecule has 4 aliphatic rings. The predicted molar refractivity (Wildman–Crippen MR) is 141 cm³/mol. The summed E-state index contributed by atoms with van der Waals surface area (Å²) in [5, 5.41) is 21.1. The monoisotopic (exact) mass is 624 g/mol. The van der Waals surface area contributed by atoms with Gasteiger partial charge in [-0.2, -0.15) is 4.98 Å². The van der Waals surface area contributed by atoms with Crippen LogP contribution in [-0.2, 0) is 30.5 Å². The first-order chi connectivity index (χ1) is 20.0. The molecule has 21 heteroatoms. The fourth-order valence-electron chi connectivity index (χ4n) is 6.29. The number of aliphatic hydroxyl groups is 2. The molecule has 4 fully saturated rings. The van der Waals surface area contributed by atoms with E-state index in [4.69, 9.17) is 42.0 Å². The van der Waals surface area contributed by atoms with Gasteiger partial charge in [-0.1, -0.05) is 0 Å². The zero-order valence-corrected chi connectivity index (χ0v) is 22.8. The Morgan fingerprint density at radius 2 is 1.88 bits per heavy atom. The minimum Gasteiger partial charge on any atom is -0.394 e. The lowest BCUT2D eigenvalue weighted by molar-refractivity contribution is -0.235. The third-order valence-electron chi connectivity index (χ3n) is 8.42. The van der Waals surface area contributed by atoms with Gasteiger partial charge in [0.1, 0.15) is 42.0 Å². The van der Waals surface area contributed by atoms with Crippen molar-refractivity contribution in [2.24, 2.45) is 0 Å². The first-order valence-electron chi connectivity index (χ1n) is 12.6. The van der Waals surface area contributed by atoms with Crippen LogP contribution in [0.1, 0.15) is 12.5 Å². The molecule has 0 bridgehead atoms. The third kappa shape index (κ3) is 3.18. The van der Waals surface area contributed by atoms with Gasteiger partial charge in [-0.05, 0) is 11.8 Å². The first kappa shape index (κ1) is 26.4. The Bertz CT molecular complexity index is 1890.